The highest BCUT2D eigenvalue weighted by molar-refractivity contribution is 14.1. The highest BCUT2D eigenvalue weighted by atomic mass is 127. The molecule has 0 saturated carbocycles. The van der Waals surface area contributed by atoms with Crippen LogP contribution in [0, 0.1) is 87.3 Å². The molecule has 0 nitrogen and oxygen atoms in total. The molecule has 0 aromatic heterocycles. The second kappa shape index (κ2) is 12.2. The third-order valence-corrected chi connectivity index (χ3v) is 7.00. The van der Waals surface area contributed by atoms with Crippen molar-refractivity contribution < 1.29 is 65.9 Å². The lowest BCUT2D eigenvalue weighted by Gasteiger charge is -2.25. The van der Waals surface area contributed by atoms with E-state index in [4.69, 9.17) is 0 Å². The summed E-state index contributed by atoms with van der Waals surface area (Å²) in [6.07, 6.45) is -0.474. The van der Waals surface area contributed by atoms with Crippen molar-refractivity contribution in [3.63, 3.8) is 0 Å². The first kappa shape index (κ1) is 32.7. The largest absolute Gasteiger partial charge is 0.259 e. The molecule has 0 spiro atoms. The second-order valence-electron chi connectivity index (χ2n) is 8.27. The molecule has 0 fully saturated rings. The van der Waals surface area contributed by atoms with Crippen molar-refractivity contribution in [2.75, 3.05) is 0 Å². The lowest BCUT2D eigenvalue weighted by molar-refractivity contribution is 0.376. The monoisotopic (exact) mass is 720 g/mol. The van der Waals surface area contributed by atoms with Crippen molar-refractivity contribution in [3.8, 4) is 0 Å². The smallest absolute Gasteiger partial charge is 0.204 e. The molecule has 3 rings (SSSR count). The zero-order valence-electron chi connectivity index (χ0n) is 19.7. The fourth-order valence-corrected chi connectivity index (χ4v) is 4.89. The number of rotatable bonds is 7. The van der Waals surface area contributed by atoms with Crippen LogP contribution in [0.4, 0.5) is 65.9 Å². The predicted octanol–water partition coefficient (Wildman–Crippen LogP) is 7.96. The number of unbranched alkanes of at least 4 members (excludes halogenated alkanes) is 1. The van der Waals surface area contributed by atoms with Gasteiger partial charge in [-0.15, -0.1) is 0 Å². The fourth-order valence-electron chi connectivity index (χ4n) is 3.93. The normalized spacial score (nSPS) is 12.2. The summed E-state index contributed by atoms with van der Waals surface area (Å²) in [6.45, 7) is -2.07. The summed E-state index contributed by atoms with van der Waals surface area (Å²) in [6, 6.07) is 0. The summed E-state index contributed by atoms with van der Waals surface area (Å²) in [5.74, 6) is -42.7. The Morgan fingerprint density at radius 1 is 0.463 bits per heavy atom. The average Bonchev–Trinajstić information content (AvgIpc) is 2.95. The number of allylic oxidation sites excluding steroid dienone is 1. The predicted molar refractivity (Wildman–Crippen MR) is 124 cm³/mol. The summed E-state index contributed by atoms with van der Waals surface area (Å²) in [4.78, 5) is 0. The molecular weight excluding hydrogens is 711 g/mol. The summed E-state index contributed by atoms with van der Waals surface area (Å²) in [5, 5.41) is 0. The SMILES string of the molecule is CCCC/C(I)=C(/B(c1c(F)c(F)c(F)c(F)c1F)c1c(F)c(F)c(F)c(F)c1F)c1c(F)c(F)c(F)c(F)c1F. The van der Waals surface area contributed by atoms with Crippen molar-refractivity contribution in [3.05, 3.63) is 96.4 Å². The molecule has 3 aromatic rings. The molecule has 0 aliphatic carbocycles. The maximum absolute atomic E-state index is 15.0. The van der Waals surface area contributed by atoms with Gasteiger partial charge in [0.25, 0.3) is 6.71 Å². The Labute approximate surface area is 234 Å². The van der Waals surface area contributed by atoms with Crippen LogP contribution in [0.15, 0.2) is 3.58 Å². The van der Waals surface area contributed by atoms with E-state index < -0.39 is 126 Å². The first-order chi connectivity index (χ1) is 19.0. The number of hydrogen-bond donors (Lipinski definition) is 0. The first-order valence-electron chi connectivity index (χ1n) is 11.0. The molecule has 3 aromatic carbocycles. The van der Waals surface area contributed by atoms with Crippen LogP contribution in [0.2, 0.25) is 0 Å². The quantitative estimate of drug-likeness (QED) is 0.0765. The minimum Gasteiger partial charge on any atom is -0.204 e. The Bertz CT molecular complexity index is 1440. The standard InChI is InChI=1S/C24H9BF15I/c1-2-3-4-5(41)7(6-10(26)16(32)22(38)17(33)11(6)27)25(8-12(28)18(34)23(39)19(35)13(8)29)9-14(30)20(36)24(40)21(37)15(9)31/h2-4H2,1H3/b7-5-. The van der Waals surface area contributed by atoms with E-state index >= 15 is 26.3 Å². The zero-order chi connectivity index (χ0) is 31.2. The molecule has 41 heavy (non-hydrogen) atoms. The Balaban J connectivity index is 2.75. The number of benzene rings is 3. The van der Waals surface area contributed by atoms with Crippen molar-refractivity contribution in [1.82, 2.24) is 0 Å². The summed E-state index contributed by atoms with van der Waals surface area (Å²) in [7, 11) is 0. The molecule has 0 amide bonds. The van der Waals surface area contributed by atoms with Crippen LogP contribution in [-0.2, 0) is 0 Å². The summed E-state index contributed by atoms with van der Waals surface area (Å²) >= 11 is 1.05. The van der Waals surface area contributed by atoms with E-state index in [0.29, 0.717) is 0 Å². The maximum Gasteiger partial charge on any atom is 0.259 e. The topological polar surface area (TPSA) is 0 Å². The fraction of sp³-hybridized carbons (Fsp3) is 0.167. The Morgan fingerprint density at radius 2 is 0.732 bits per heavy atom. The van der Waals surface area contributed by atoms with E-state index in [1.54, 1.807) is 0 Å². The third kappa shape index (κ3) is 5.29. The first-order valence-corrected chi connectivity index (χ1v) is 12.0. The zero-order valence-corrected chi connectivity index (χ0v) is 21.9. The maximum atomic E-state index is 15.0. The molecule has 0 radical (unpaired) electrons. The molecule has 0 heterocycles. The van der Waals surface area contributed by atoms with E-state index in [0.717, 1.165) is 22.6 Å². The van der Waals surface area contributed by atoms with E-state index in [1.165, 1.54) is 6.92 Å². The Morgan fingerprint density at radius 3 is 1.02 bits per heavy atom. The summed E-state index contributed by atoms with van der Waals surface area (Å²) < 4.78 is 216. The van der Waals surface area contributed by atoms with Gasteiger partial charge in [-0.3, -0.25) is 0 Å². The van der Waals surface area contributed by atoms with Gasteiger partial charge in [0.15, 0.2) is 81.4 Å². The molecule has 0 aliphatic heterocycles. The summed E-state index contributed by atoms with van der Waals surface area (Å²) in [5.41, 5.74) is -8.72. The minimum atomic E-state index is -3.55. The minimum absolute atomic E-state index is 0.0852. The molecular formula is C24H9BF15I. The molecule has 0 saturated heterocycles. The van der Waals surface area contributed by atoms with Crippen LogP contribution in [0.25, 0.3) is 5.47 Å². The van der Waals surface area contributed by atoms with Gasteiger partial charge >= 0.3 is 0 Å². The number of hydrogen-bond acceptors (Lipinski definition) is 0. The van der Waals surface area contributed by atoms with Gasteiger partial charge in [0.05, 0.1) is 0 Å². The average molecular weight is 720 g/mol. The molecule has 0 aliphatic rings. The van der Waals surface area contributed by atoms with E-state index in [-0.39, 0.29) is 12.8 Å². The third-order valence-electron chi connectivity index (χ3n) is 5.87. The second-order valence-corrected chi connectivity index (χ2v) is 9.57. The van der Waals surface area contributed by atoms with Crippen molar-refractivity contribution >= 4 is 45.7 Å². The van der Waals surface area contributed by atoms with Gasteiger partial charge in [-0.1, -0.05) is 13.3 Å². The molecule has 0 N–H and O–H groups in total. The van der Waals surface area contributed by atoms with Crippen LogP contribution in [-0.4, -0.2) is 6.71 Å². The molecule has 0 bridgehead atoms. The van der Waals surface area contributed by atoms with Crippen molar-refractivity contribution in [2.24, 2.45) is 0 Å². The highest BCUT2D eigenvalue weighted by Gasteiger charge is 2.45. The van der Waals surface area contributed by atoms with Gasteiger partial charge in [0.1, 0.15) is 0 Å². The van der Waals surface area contributed by atoms with E-state index in [1.807, 2.05) is 0 Å². The highest BCUT2D eigenvalue weighted by Crippen LogP contribution is 2.37. The van der Waals surface area contributed by atoms with Crippen LogP contribution in [0.3, 0.4) is 0 Å². The Hall–Kier alpha value is -2.86. The molecule has 0 atom stereocenters. The van der Waals surface area contributed by atoms with Gasteiger partial charge in [-0.2, -0.15) is 0 Å². The van der Waals surface area contributed by atoms with E-state index in [9.17, 15) is 39.5 Å². The molecule has 17 heteroatoms. The lowest BCUT2D eigenvalue weighted by Crippen LogP contribution is -2.52. The van der Waals surface area contributed by atoms with Crippen LogP contribution < -0.4 is 10.9 Å². The van der Waals surface area contributed by atoms with Crippen molar-refractivity contribution in [2.45, 2.75) is 26.2 Å². The molecule has 220 valence electrons. The van der Waals surface area contributed by atoms with Crippen LogP contribution in [0.5, 0.6) is 0 Å². The molecule has 0 unspecified atom stereocenters. The Kier molecular flexibility index (Phi) is 9.69. The van der Waals surface area contributed by atoms with Crippen molar-refractivity contribution in [1.29, 1.82) is 0 Å². The van der Waals surface area contributed by atoms with Gasteiger partial charge in [-0.05, 0) is 44.5 Å². The lowest BCUT2D eigenvalue weighted by atomic mass is 9.34. The van der Waals surface area contributed by atoms with Gasteiger partial charge < -0.3 is 0 Å². The van der Waals surface area contributed by atoms with E-state index in [2.05, 4.69) is 0 Å². The van der Waals surface area contributed by atoms with Gasteiger partial charge in [0, 0.05) is 16.5 Å². The van der Waals surface area contributed by atoms with Crippen LogP contribution in [0.1, 0.15) is 31.7 Å². The van der Waals surface area contributed by atoms with Crippen LogP contribution >= 0.6 is 22.6 Å². The van der Waals surface area contributed by atoms with Gasteiger partial charge in [0.2, 0.25) is 5.82 Å². The van der Waals surface area contributed by atoms with Gasteiger partial charge in [-0.25, -0.2) is 65.9 Å². The number of halogens is 16.